The molecule has 0 radical (unpaired) electrons. The van der Waals surface area contributed by atoms with Crippen LogP contribution in [0.4, 0.5) is 19.0 Å². The van der Waals surface area contributed by atoms with E-state index in [4.69, 9.17) is 5.11 Å². The number of hydrogen-bond donors (Lipinski definition) is 1. The maximum absolute atomic E-state index is 12.6. The second-order valence-electron chi connectivity index (χ2n) is 3.60. The summed E-state index contributed by atoms with van der Waals surface area (Å²) in [6, 6.07) is 2.21. The zero-order chi connectivity index (χ0) is 12.3. The normalized spacial score (nSPS) is 13.6. The van der Waals surface area contributed by atoms with Crippen LogP contribution in [0.1, 0.15) is 12.5 Å². The molecule has 1 rings (SSSR count). The molecule has 0 amide bonds. The van der Waals surface area contributed by atoms with E-state index < -0.39 is 17.8 Å². The molecule has 0 fully saturated rings. The van der Waals surface area contributed by atoms with Gasteiger partial charge in [0.2, 0.25) is 0 Å². The van der Waals surface area contributed by atoms with Gasteiger partial charge in [0, 0.05) is 19.8 Å². The molecular formula is C10H13F3N2O. The molecule has 0 aliphatic heterocycles. The zero-order valence-corrected chi connectivity index (χ0v) is 8.99. The van der Waals surface area contributed by atoms with Gasteiger partial charge in [-0.05, 0) is 19.1 Å². The molecule has 1 unspecified atom stereocenters. The van der Waals surface area contributed by atoms with Crippen molar-refractivity contribution in [1.82, 2.24) is 4.98 Å². The van der Waals surface area contributed by atoms with E-state index in [2.05, 4.69) is 4.98 Å². The summed E-state index contributed by atoms with van der Waals surface area (Å²) in [5.74, 6) is -0.170. The van der Waals surface area contributed by atoms with Crippen molar-refractivity contribution in [3.05, 3.63) is 23.9 Å². The van der Waals surface area contributed by atoms with Gasteiger partial charge in [0.05, 0.1) is 11.7 Å². The largest absolute Gasteiger partial charge is 0.419 e. The van der Waals surface area contributed by atoms with Crippen LogP contribution in [0.3, 0.4) is 0 Å². The third kappa shape index (κ3) is 3.10. The van der Waals surface area contributed by atoms with E-state index in [1.165, 1.54) is 31.1 Å². The fourth-order valence-electron chi connectivity index (χ4n) is 1.41. The highest BCUT2D eigenvalue weighted by Crippen LogP contribution is 2.34. The Labute approximate surface area is 91.5 Å². The molecule has 1 N–H and O–H groups in total. The molecule has 90 valence electrons. The predicted molar refractivity (Wildman–Crippen MR) is 54.2 cm³/mol. The molecule has 16 heavy (non-hydrogen) atoms. The topological polar surface area (TPSA) is 36.4 Å². The maximum Gasteiger partial charge on any atom is 0.419 e. The van der Waals surface area contributed by atoms with Crippen molar-refractivity contribution in [3.63, 3.8) is 0 Å². The Bertz CT molecular complexity index is 352. The van der Waals surface area contributed by atoms with Crippen molar-refractivity contribution in [2.24, 2.45) is 0 Å². The molecule has 0 saturated heterocycles. The Hall–Kier alpha value is -1.30. The summed E-state index contributed by atoms with van der Waals surface area (Å²) in [6.45, 7) is 1.60. The molecule has 0 aliphatic carbocycles. The predicted octanol–water partition coefficient (Wildman–Crippen LogP) is 1.92. The van der Waals surface area contributed by atoms with Crippen LogP contribution in [-0.2, 0) is 6.18 Å². The number of aromatic nitrogens is 1. The number of pyridine rings is 1. The van der Waals surface area contributed by atoms with E-state index in [1.807, 2.05) is 0 Å². The van der Waals surface area contributed by atoms with Gasteiger partial charge < -0.3 is 10.0 Å². The number of nitrogens with zero attached hydrogens (tertiary/aromatic N) is 2. The molecule has 0 aromatic carbocycles. The number of likely N-dealkylation sites (N-methyl/N-ethyl adjacent to an activating group) is 1. The van der Waals surface area contributed by atoms with Gasteiger partial charge in [0.1, 0.15) is 5.82 Å². The van der Waals surface area contributed by atoms with Crippen LogP contribution in [0.15, 0.2) is 18.3 Å². The lowest BCUT2D eigenvalue weighted by Crippen LogP contribution is -2.29. The number of rotatable bonds is 3. The zero-order valence-electron chi connectivity index (χ0n) is 8.99. The quantitative estimate of drug-likeness (QED) is 0.868. The highest BCUT2D eigenvalue weighted by Gasteiger charge is 2.35. The Morgan fingerprint density at radius 1 is 1.50 bits per heavy atom. The number of halogens is 3. The summed E-state index contributed by atoms with van der Waals surface area (Å²) in [5, 5.41) is 9.13. The minimum Gasteiger partial charge on any atom is -0.392 e. The Morgan fingerprint density at radius 2 is 2.12 bits per heavy atom. The van der Waals surface area contributed by atoms with Crippen LogP contribution in [0.25, 0.3) is 0 Å². The number of hydrogen-bond acceptors (Lipinski definition) is 3. The van der Waals surface area contributed by atoms with Crippen molar-refractivity contribution < 1.29 is 18.3 Å². The van der Waals surface area contributed by atoms with Gasteiger partial charge in [-0.2, -0.15) is 13.2 Å². The van der Waals surface area contributed by atoms with Crippen LogP contribution in [0.5, 0.6) is 0 Å². The van der Waals surface area contributed by atoms with Gasteiger partial charge in [0.15, 0.2) is 0 Å². The van der Waals surface area contributed by atoms with E-state index in [0.29, 0.717) is 0 Å². The molecule has 1 atom stereocenters. The lowest BCUT2D eigenvalue weighted by Gasteiger charge is -2.23. The van der Waals surface area contributed by atoms with Crippen molar-refractivity contribution in [2.45, 2.75) is 19.2 Å². The highest BCUT2D eigenvalue weighted by molar-refractivity contribution is 5.47. The third-order valence-corrected chi connectivity index (χ3v) is 1.99. The van der Waals surface area contributed by atoms with E-state index in [-0.39, 0.29) is 12.4 Å². The van der Waals surface area contributed by atoms with Gasteiger partial charge in [-0.15, -0.1) is 0 Å². The van der Waals surface area contributed by atoms with Gasteiger partial charge in [-0.25, -0.2) is 4.98 Å². The highest BCUT2D eigenvalue weighted by atomic mass is 19.4. The number of aliphatic hydroxyl groups excluding tert-OH is 1. The van der Waals surface area contributed by atoms with E-state index in [0.717, 1.165) is 6.07 Å². The Kier molecular flexibility index (Phi) is 3.74. The van der Waals surface area contributed by atoms with E-state index in [9.17, 15) is 13.2 Å². The van der Waals surface area contributed by atoms with Gasteiger partial charge in [0.25, 0.3) is 0 Å². The summed E-state index contributed by atoms with van der Waals surface area (Å²) in [7, 11) is 1.46. The van der Waals surface area contributed by atoms with Crippen LogP contribution >= 0.6 is 0 Å². The summed E-state index contributed by atoms with van der Waals surface area (Å²) in [6.07, 6.45) is -3.85. The Balaban J connectivity index is 3.04. The summed E-state index contributed by atoms with van der Waals surface area (Å²) >= 11 is 0. The summed E-state index contributed by atoms with van der Waals surface area (Å²) in [4.78, 5) is 4.98. The number of anilines is 1. The average Bonchev–Trinajstić information content (AvgIpc) is 2.15. The van der Waals surface area contributed by atoms with E-state index in [1.54, 1.807) is 0 Å². The monoisotopic (exact) mass is 234 g/mol. The van der Waals surface area contributed by atoms with Crippen molar-refractivity contribution in [3.8, 4) is 0 Å². The lowest BCUT2D eigenvalue weighted by molar-refractivity contribution is -0.137. The van der Waals surface area contributed by atoms with Crippen LogP contribution in [0.2, 0.25) is 0 Å². The van der Waals surface area contributed by atoms with Crippen LogP contribution in [-0.4, -0.2) is 29.8 Å². The van der Waals surface area contributed by atoms with Crippen molar-refractivity contribution >= 4 is 5.82 Å². The van der Waals surface area contributed by atoms with Crippen LogP contribution in [0, 0.1) is 0 Å². The Morgan fingerprint density at radius 3 is 2.62 bits per heavy atom. The molecule has 0 bridgehead atoms. The first-order valence-electron chi connectivity index (χ1n) is 4.73. The molecular weight excluding hydrogens is 221 g/mol. The molecule has 6 heteroatoms. The molecule has 0 saturated carbocycles. The SMILES string of the molecule is CC(O)CN(C)c1ncccc1C(F)(F)F. The molecule has 1 aromatic rings. The molecule has 0 spiro atoms. The molecule has 1 aromatic heterocycles. The molecule has 0 aliphatic rings. The van der Waals surface area contributed by atoms with Crippen molar-refractivity contribution in [2.75, 3.05) is 18.5 Å². The van der Waals surface area contributed by atoms with Gasteiger partial charge >= 0.3 is 6.18 Å². The number of alkyl halides is 3. The lowest BCUT2D eigenvalue weighted by atomic mass is 10.2. The number of aliphatic hydroxyl groups is 1. The first-order chi connectivity index (χ1) is 7.32. The summed E-state index contributed by atoms with van der Waals surface area (Å²) < 4.78 is 37.9. The average molecular weight is 234 g/mol. The third-order valence-electron chi connectivity index (χ3n) is 1.99. The summed E-state index contributed by atoms with van der Waals surface area (Å²) in [5.41, 5.74) is -0.793. The molecule has 1 heterocycles. The first kappa shape index (κ1) is 12.8. The molecule has 3 nitrogen and oxygen atoms in total. The second kappa shape index (κ2) is 4.69. The van der Waals surface area contributed by atoms with Crippen LogP contribution < -0.4 is 4.90 Å². The van der Waals surface area contributed by atoms with E-state index >= 15 is 0 Å². The van der Waals surface area contributed by atoms with Gasteiger partial charge in [-0.1, -0.05) is 0 Å². The fourth-order valence-corrected chi connectivity index (χ4v) is 1.41. The van der Waals surface area contributed by atoms with Gasteiger partial charge in [-0.3, -0.25) is 0 Å². The maximum atomic E-state index is 12.6. The smallest absolute Gasteiger partial charge is 0.392 e. The standard InChI is InChI=1S/C10H13F3N2O/c1-7(16)6-15(2)9-8(10(11,12)13)4-3-5-14-9/h3-5,7,16H,6H2,1-2H3. The van der Waals surface area contributed by atoms with Crippen molar-refractivity contribution in [1.29, 1.82) is 0 Å². The second-order valence-corrected chi connectivity index (χ2v) is 3.60. The minimum atomic E-state index is -4.43. The fraction of sp³-hybridized carbons (Fsp3) is 0.500. The first-order valence-corrected chi connectivity index (χ1v) is 4.73. The minimum absolute atomic E-state index is 0.0973.